The van der Waals surface area contributed by atoms with Gasteiger partial charge in [-0.3, -0.25) is 9.79 Å². The minimum absolute atomic E-state index is 0.0161. The second-order valence-corrected chi connectivity index (χ2v) is 10.4. The number of nitrogens with one attached hydrogen (secondary N) is 1. The Morgan fingerprint density at radius 1 is 0.939 bits per heavy atom. The molecule has 0 bridgehead atoms. The third-order valence-electron chi connectivity index (χ3n) is 6.53. The van der Waals surface area contributed by atoms with E-state index in [-0.39, 0.29) is 16.9 Å². The number of carbonyl (C=O) groups is 1. The van der Waals surface area contributed by atoms with E-state index in [1.165, 1.54) is 23.6 Å². The van der Waals surface area contributed by atoms with Crippen LogP contribution in [0, 0.1) is 0 Å². The largest absolute Gasteiger partial charge is 0.487 e. The third-order valence-corrected chi connectivity index (χ3v) is 6.53. The average molecular weight is 439 g/mol. The van der Waals surface area contributed by atoms with Crippen LogP contribution in [0.2, 0.25) is 0 Å². The summed E-state index contributed by atoms with van der Waals surface area (Å²) in [5.41, 5.74) is 8.84. The lowest BCUT2D eigenvalue weighted by molar-refractivity contribution is -0.114. The molecule has 0 aromatic heterocycles. The van der Waals surface area contributed by atoms with Gasteiger partial charge in [0, 0.05) is 47.7 Å². The Labute approximate surface area is 195 Å². The van der Waals surface area contributed by atoms with Crippen LogP contribution in [0.25, 0.3) is 11.1 Å². The van der Waals surface area contributed by atoms with E-state index in [0.717, 1.165) is 46.8 Å². The number of aliphatic imine (C=N–C) groups is 1. The zero-order valence-corrected chi connectivity index (χ0v) is 20.0. The van der Waals surface area contributed by atoms with Crippen molar-refractivity contribution in [3.05, 3.63) is 82.9 Å². The summed E-state index contributed by atoms with van der Waals surface area (Å²) in [7, 11) is 0. The average Bonchev–Trinajstić information content (AvgIpc) is 3.08. The number of hydrogen-bond acceptors (Lipinski definition) is 3. The molecule has 0 radical (unpaired) electrons. The molecule has 4 nitrogen and oxygen atoms in total. The van der Waals surface area contributed by atoms with Crippen LogP contribution < -0.4 is 10.1 Å². The Morgan fingerprint density at radius 3 is 2.39 bits per heavy atom. The summed E-state index contributed by atoms with van der Waals surface area (Å²) in [5.74, 6) is 0.912. The van der Waals surface area contributed by atoms with Gasteiger partial charge in [0.05, 0.1) is 5.71 Å². The summed E-state index contributed by atoms with van der Waals surface area (Å²) in [4.78, 5) is 16.4. The SMILES string of the molecule is CC(=O)Nc1ccc(-c2cccc(C3=NCC(C)(C)c4ccc5c(c43)CC(C)(C)O5)c2)cc1. The number of amides is 1. The van der Waals surface area contributed by atoms with E-state index in [1.807, 2.05) is 24.3 Å². The monoisotopic (exact) mass is 438 g/mol. The van der Waals surface area contributed by atoms with Crippen molar-refractivity contribution in [3.8, 4) is 16.9 Å². The smallest absolute Gasteiger partial charge is 0.221 e. The molecule has 4 heteroatoms. The van der Waals surface area contributed by atoms with Gasteiger partial charge in [0.1, 0.15) is 11.4 Å². The first-order valence-electron chi connectivity index (χ1n) is 11.5. The first-order valence-corrected chi connectivity index (χ1v) is 11.5. The van der Waals surface area contributed by atoms with Crippen LogP contribution in [0.3, 0.4) is 0 Å². The summed E-state index contributed by atoms with van der Waals surface area (Å²) >= 11 is 0. The van der Waals surface area contributed by atoms with Gasteiger partial charge in [-0.25, -0.2) is 0 Å². The normalized spacial score (nSPS) is 17.4. The Kier molecular flexibility index (Phi) is 4.93. The molecule has 3 aromatic carbocycles. The van der Waals surface area contributed by atoms with Crippen molar-refractivity contribution in [1.29, 1.82) is 0 Å². The van der Waals surface area contributed by atoms with Gasteiger partial charge >= 0.3 is 0 Å². The van der Waals surface area contributed by atoms with Crippen LogP contribution in [0.1, 0.15) is 56.9 Å². The Bertz CT molecular complexity index is 1280. The van der Waals surface area contributed by atoms with Gasteiger partial charge in [-0.15, -0.1) is 0 Å². The summed E-state index contributed by atoms with van der Waals surface area (Å²) in [5, 5.41) is 2.83. The van der Waals surface area contributed by atoms with Crippen molar-refractivity contribution in [1.82, 2.24) is 0 Å². The van der Waals surface area contributed by atoms with Crippen molar-refractivity contribution in [2.75, 3.05) is 11.9 Å². The molecule has 0 aliphatic carbocycles. The fourth-order valence-electron chi connectivity index (χ4n) is 4.97. The predicted molar refractivity (Wildman–Crippen MR) is 135 cm³/mol. The number of hydrogen-bond donors (Lipinski definition) is 1. The predicted octanol–water partition coefficient (Wildman–Crippen LogP) is 6.15. The van der Waals surface area contributed by atoms with E-state index in [0.29, 0.717) is 0 Å². The van der Waals surface area contributed by atoms with Crippen molar-refractivity contribution in [2.45, 2.75) is 52.1 Å². The molecule has 0 spiro atoms. The van der Waals surface area contributed by atoms with E-state index >= 15 is 0 Å². The van der Waals surface area contributed by atoms with E-state index in [4.69, 9.17) is 9.73 Å². The van der Waals surface area contributed by atoms with E-state index in [1.54, 1.807) is 0 Å². The molecule has 3 aromatic rings. The summed E-state index contributed by atoms with van der Waals surface area (Å²) in [6, 6.07) is 20.9. The summed E-state index contributed by atoms with van der Waals surface area (Å²) < 4.78 is 6.26. The molecule has 2 aliphatic rings. The van der Waals surface area contributed by atoms with E-state index < -0.39 is 0 Å². The molecular formula is C29H30N2O2. The molecule has 1 amide bonds. The Balaban J connectivity index is 1.58. The lowest BCUT2D eigenvalue weighted by atomic mass is 9.75. The number of nitrogens with zero attached hydrogens (tertiary/aromatic N) is 1. The number of benzene rings is 3. The molecular weight excluding hydrogens is 408 g/mol. The number of ether oxygens (including phenoxy) is 1. The van der Waals surface area contributed by atoms with Crippen molar-refractivity contribution < 1.29 is 9.53 Å². The van der Waals surface area contributed by atoms with E-state index in [2.05, 4.69) is 69.4 Å². The van der Waals surface area contributed by atoms with Gasteiger partial charge in [-0.05, 0) is 54.8 Å². The second kappa shape index (κ2) is 7.58. The van der Waals surface area contributed by atoms with Crippen LogP contribution >= 0.6 is 0 Å². The zero-order chi connectivity index (χ0) is 23.4. The highest BCUT2D eigenvalue weighted by Crippen LogP contribution is 2.44. The van der Waals surface area contributed by atoms with Gasteiger partial charge in [0.25, 0.3) is 0 Å². The van der Waals surface area contributed by atoms with Gasteiger partial charge in [0.2, 0.25) is 5.91 Å². The van der Waals surface area contributed by atoms with Crippen LogP contribution in [0.4, 0.5) is 5.69 Å². The van der Waals surface area contributed by atoms with Crippen LogP contribution in [0.5, 0.6) is 5.75 Å². The molecule has 0 fully saturated rings. The first-order chi connectivity index (χ1) is 15.6. The highest BCUT2D eigenvalue weighted by atomic mass is 16.5. The fourth-order valence-corrected chi connectivity index (χ4v) is 4.97. The molecule has 0 saturated carbocycles. The number of anilines is 1. The molecule has 0 saturated heterocycles. The number of rotatable bonds is 3. The van der Waals surface area contributed by atoms with Gasteiger partial charge in [-0.1, -0.05) is 50.2 Å². The minimum atomic E-state index is -0.207. The van der Waals surface area contributed by atoms with Crippen molar-refractivity contribution >= 4 is 17.3 Å². The number of carbonyl (C=O) groups excluding carboxylic acids is 1. The van der Waals surface area contributed by atoms with Crippen LogP contribution in [-0.2, 0) is 16.6 Å². The maximum Gasteiger partial charge on any atom is 0.221 e. The molecule has 2 heterocycles. The van der Waals surface area contributed by atoms with Crippen LogP contribution in [0.15, 0.2) is 65.7 Å². The second-order valence-electron chi connectivity index (χ2n) is 10.4. The van der Waals surface area contributed by atoms with E-state index in [9.17, 15) is 4.79 Å². The van der Waals surface area contributed by atoms with Gasteiger partial charge in [-0.2, -0.15) is 0 Å². The molecule has 33 heavy (non-hydrogen) atoms. The highest BCUT2D eigenvalue weighted by molar-refractivity contribution is 6.16. The maximum atomic E-state index is 11.3. The quantitative estimate of drug-likeness (QED) is 0.533. The summed E-state index contributed by atoms with van der Waals surface area (Å²) in [6.45, 7) is 11.1. The molecule has 0 atom stereocenters. The van der Waals surface area contributed by atoms with Gasteiger partial charge in [0.15, 0.2) is 0 Å². The molecule has 5 rings (SSSR count). The zero-order valence-electron chi connectivity index (χ0n) is 20.0. The standard InChI is InChI=1S/C29H30N2O2/c1-18(32)31-22-11-9-19(10-12-22)20-7-6-8-21(15-20)27-26-23-16-29(4,5)33-25(23)14-13-24(26)28(2,3)17-30-27/h6-15H,16-17H2,1-5H3,(H,31,32). The number of fused-ring (bicyclic) bond motifs is 3. The molecule has 0 unspecified atom stereocenters. The minimum Gasteiger partial charge on any atom is -0.487 e. The molecule has 168 valence electrons. The third kappa shape index (κ3) is 3.95. The highest BCUT2D eigenvalue weighted by Gasteiger charge is 2.38. The molecule has 1 N–H and O–H groups in total. The lowest BCUT2D eigenvalue weighted by Crippen LogP contribution is -2.31. The first kappa shape index (κ1) is 21.4. The Hall–Kier alpha value is -3.40. The van der Waals surface area contributed by atoms with Crippen LogP contribution in [-0.4, -0.2) is 23.8 Å². The summed E-state index contributed by atoms with van der Waals surface area (Å²) in [6.07, 6.45) is 0.880. The fraction of sp³-hybridized carbons (Fsp3) is 0.310. The molecule has 2 aliphatic heterocycles. The van der Waals surface area contributed by atoms with Gasteiger partial charge < -0.3 is 10.1 Å². The topological polar surface area (TPSA) is 50.7 Å². The van der Waals surface area contributed by atoms with Crippen molar-refractivity contribution in [3.63, 3.8) is 0 Å². The maximum absolute atomic E-state index is 11.3. The Morgan fingerprint density at radius 2 is 1.67 bits per heavy atom. The lowest BCUT2D eigenvalue weighted by Gasteiger charge is -2.32. The van der Waals surface area contributed by atoms with Crippen molar-refractivity contribution in [2.24, 2.45) is 4.99 Å².